The van der Waals surface area contributed by atoms with Gasteiger partial charge < -0.3 is 5.32 Å². The number of hydrogen-bond acceptors (Lipinski definition) is 3. The van der Waals surface area contributed by atoms with Gasteiger partial charge >= 0.3 is 0 Å². The van der Waals surface area contributed by atoms with Gasteiger partial charge in [-0.05, 0) is 42.0 Å². The fourth-order valence-electron chi connectivity index (χ4n) is 3.59. The normalized spacial score (nSPS) is 16.7. The predicted molar refractivity (Wildman–Crippen MR) is 104 cm³/mol. The molecule has 0 bridgehead atoms. The lowest BCUT2D eigenvalue weighted by molar-refractivity contribution is -0.126. The second-order valence-electron chi connectivity index (χ2n) is 6.97. The van der Waals surface area contributed by atoms with Gasteiger partial charge in [-0.3, -0.25) is 4.79 Å². The minimum Gasteiger partial charge on any atom is -0.356 e. The van der Waals surface area contributed by atoms with E-state index in [1.54, 1.807) is 0 Å². The van der Waals surface area contributed by atoms with E-state index in [-0.39, 0.29) is 11.8 Å². The average molecular weight is 375 g/mol. The Morgan fingerprint density at radius 2 is 1.81 bits per heavy atom. The number of carbonyl (C=O) groups excluding carboxylic acids is 1. The molecule has 1 aliphatic rings. The number of piperidine rings is 1. The lowest BCUT2D eigenvalue weighted by Crippen LogP contribution is -2.42. The molecule has 0 radical (unpaired) electrons. The molecule has 1 N–H and O–H groups in total. The van der Waals surface area contributed by atoms with Crippen molar-refractivity contribution in [3.05, 3.63) is 48.0 Å². The summed E-state index contributed by atoms with van der Waals surface area (Å²) in [7, 11) is -3.14. The maximum atomic E-state index is 12.3. The van der Waals surface area contributed by atoms with Crippen molar-refractivity contribution in [3.8, 4) is 0 Å². The van der Waals surface area contributed by atoms with Crippen LogP contribution in [0.15, 0.2) is 42.5 Å². The summed E-state index contributed by atoms with van der Waals surface area (Å²) in [5.74, 6) is -0.0263. The molecule has 0 spiro atoms. The first kappa shape index (κ1) is 18.9. The van der Waals surface area contributed by atoms with E-state index in [0.717, 1.165) is 12.8 Å². The van der Waals surface area contributed by atoms with Gasteiger partial charge in [0.15, 0.2) is 0 Å². The van der Waals surface area contributed by atoms with Crippen LogP contribution in [-0.4, -0.2) is 44.5 Å². The lowest BCUT2D eigenvalue weighted by Gasteiger charge is -2.29. The third-order valence-electron chi connectivity index (χ3n) is 5.10. The summed E-state index contributed by atoms with van der Waals surface area (Å²) in [6.07, 6.45) is 4.24. The Labute approximate surface area is 155 Å². The molecule has 5 nitrogen and oxygen atoms in total. The zero-order chi connectivity index (χ0) is 18.6. The molecule has 1 saturated heterocycles. The SMILES string of the molecule is CS(=O)(=O)N1CCC(C(=O)NCCCc2cccc3ccccc23)CC1. The largest absolute Gasteiger partial charge is 0.356 e. The van der Waals surface area contributed by atoms with Gasteiger partial charge in [-0.2, -0.15) is 0 Å². The molecule has 1 fully saturated rings. The average Bonchev–Trinajstić information content (AvgIpc) is 2.64. The van der Waals surface area contributed by atoms with Crippen molar-refractivity contribution in [2.75, 3.05) is 25.9 Å². The van der Waals surface area contributed by atoms with Crippen LogP contribution in [0.25, 0.3) is 10.8 Å². The maximum absolute atomic E-state index is 12.3. The van der Waals surface area contributed by atoms with Crippen LogP contribution in [0.5, 0.6) is 0 Å². The Bertz CT molecular complexity index is 866. The van der Waals surface area contributed by atoms with Crippen LogP contribution in [0.3, 0.4) is 0 Å². The van der Waals surface area contributed by atoms with Gasteiger partial charge in [0.1, 0.15) is 0 Å². The summed E-state index contributed by atoms with van der Waals surface area (Å²) in [5, 5.41) is 5.53. The third kappa shape index (κ3) is 4.62. The molecule has 1 aliphatic heterocycles. The molecular formula is C20H26N2O3S. The highest BCUT2D eigenvalue weighted by Crippen LogP contribution is 2.20. The van der Waals surface area contributed by atoms with Gasteiger partial charge in [0, 0.05) is 25.6 Å². The van der Waals surface area contributed by atoms with Crippen molar-refractivity contribution in [2.45, 2.75) is 25.7 Å². The van der Waals surface area contributed by atoms with Gasteiger partial charge in [0.2, 0.25) is 15.9 Å². The van der Waals surface area contributed by atoms with Crippen LogP contribution in [-0.2, 0) is 21.2 Å². The molecule has 6 heteroatoms. The fourth-order valence-corrected chi connectivity index (χ4v) is 4.47. The van der Waals surface area contributed by atoms with E-state index in [2.05, 4.69) is 41.7 Å². The number of carbonyl (C=O) groups is 1. The van der Waals surface area contributed by atoms with Crippen molar-refractivity contribution >= 4 is 26.7 Å². The first-order chi connectivity index (χ1) is 12.4. The Hall–Kier alpha value is -1.92. The topological polar surface area (TPSA) is 66.5 Å². The highest BCUT2D eigenvalue weighted by molar-refractivity contribution is 7.88. The molecule has 1 heterocycles. The van der Waals surface area contributed by atoms with Gasteiger partial charge in [-0.15, -0.1) is 0 Å². The van der Waals surface area contributed by atoms with Crippen LogP contribution < -0.4 is 5.32 Å². The van der Waals surface area contributed by atoms with Crippen molar-refractivity contribution < 1.29 is 13.2 Å². The number of nitrogens with zero attached hydrogens (tertiary/aromatic N) is 1. The van der Waals surface area contributed by atoms with Crippen molar-refractivity contribution in [2.24, 2.45) is 5.92 Å². The van der Waals surface area contributed by atoms with Crippen molar-refractivity contribution in [1.29, 1.82) is 0 Å². The summed E-state index contributed by atoms with van der Waals surface area (Å²) < 4.78 is 24.5. The number of hydrogen-bond donors (Lipinski definition) is 1. The molecule has 140 valence electrons. The van der Waals surface area contributed by atoms with Crippen LogP contribution >= 0.6 is 0 Å². The Morgan fingerprint density at radius 1 is 1.12 bits per heavy atom. The van der Waals surface area contributed by atoms with E-state index >= 15 is 0 Å². The number of nitrogens with one attached hydrogen (secondary N) is 1. The Balaban J connectivity index is 1.44. The molecule has 0 aliphatic carbocycles. The summed E-state index contributed by atoms with van der Waals surface area (Å²) in [4.78, 5) is 12.3. The number of sulfonamides is 1. The molecule has 0 unspecified atom stereocenters. The molecule has 0 saturated carbocycles. The molecule has 1 amide bonds. The first-order valence-corrected chi connectivity index (χ1v) is 11.0. The van der Waals surface area contributed by atoms with E-state index in [1.165, 1.54) is 26.9 Å². The van der Waals surface area contributed by atoms with Crippen LogP contribution in [0.2, 0.25) is 0 Å². The highest BCUT2D eigenvalue weighted by Gasteiger charge is 2.28. The molecule has 0 atom stereocenters. The second kappa shape index (κ2) is 8.18. The van der Waals surface area contributed by atoms with Gasteiger partial charge in [-0.1, -0.05) is 42.5 Å². The number of benzene rings is 2. The summed E-state index contributed by atoms with van der Waals surface area (Å²) in [6, 6.07) is 14.7. The number of amides is 1. The monoisotopic (exact) mass is 374 g/mol. The summed E-state index contributed by atoms with van der Waals surface area (Å²) >= 11 is 0. The molecule has 26 heavy (non-hydrogen) atoms. The maximum Gasteiger partial charge on any atom is 0.223 e. The van der Waals surface area contributed by atoms with Crippen LogP contribution in [0.4, 0.5) is 0 Å². The summed E-state index contributed by atoms with van der Waals surface area (Å²) in [5.41, 5.74) is 1.30. The zero-order valence-corrected chi connectivity index (χ0v) is 16.0. The quantitative estimate of drug-likeness (QED) is 0.790. The van der Waals surface area contributed by atoms with E-state index in [4.69, 9.17) is 0 Å². The molecule has 0 aromatic heterocycles. The van der Waals surface area contributed by atoms with E-state index in [0.29, 0.717) is 32.5 Å². The van der Waals surface area contributed by atoms with Crippen molar-refractivity contribution in [1.82, 2.24) is 9.62 Å². The highest BCUT2D eigenvalue weighted by atomic mass is 32.2. The number of aryl methyl sites for hydroxylation is 1. The van der Waals surface area contributed by atoms with E-state index in [9.17, 15) is 13.2 Å². The smallest absolute Gasteiger partial charge is 0.223 e. The molecule has 2 aromatic carbocycles. The zero-order valence-electron chi connectivity index (χ0n) is 15.1. The van der Waals surface area contributed by atoms with E-state index < -0.39 is 10.0 Å². The first-order valence-electron chi connectivity index (χ1n) is 9.14. The lowest BCUT2D eigenvalue weighted by atomic mass is 9.97. The fraction of sp³-hybridized carbons (Fsp3) is 0.450. The third-order valence-corrected chi connectivity index (χ3v) is 6.40. The molecular weight excluding hydrogens is 348 g/mol. The molecule has 3 rings (SSSR count). The number of fused-ring (bicyclic) bond motifs is 1. The molecule has 2 aromatic rings. The minimum absolute atomic E-state index is 0.0519. The Kier molecular flexibility index (Phi) is 5.94. The van der Waals surface area contributed by atoms with Gasteiger partial charge in [0.05, 0.1) is 6.26 Å². The van der Waals surface area contributed by atoms with Crippen LogP contribution in [0.1, 0.15) is 24.8 Å². The van der Waals surface area contributed by atoms with Gasteiger partial charge in [0.25, 0.3) is 0 Å². The number of rotatable bonds is 6. The second-order valence-corrected chi connectivity index (χ2v) is 8.95. The van der Waals surface area contributed by atoms with Crippen molar-refractivity contribution in [3.63, 3.8) is 0 Å². The summed E-state index contributed by atoms with van der Waals surface area (Å²) in [6.45, 7) is 1.52. The predicted octanol–water partition coefficient (Wildman–Crippen LogP) is 2.56. The van der Waals surface area contributed by atoms with E-state index in [1.807, 2.05) is 6.07 Å². The van der Waals surface area contributed by atoms with Gasteiger partial charge in [-0.25, -0.2) is 12.7 Å². The minimum atomic E-state index is -3.14. The van der Waals surface area contributed by atoms with Crippen LogP contribution in [0, 0.1) is 5.92 Å². The standard InChI is InChI=1S/C20H26N2O3S/c1-26(24,25)22-14-11-18(12-15-22)20(23)21-13-5-9-17-8-4-7-16-6-2-3-10-19(16)17/h2-4,6-8,10,18H,5,9,11-15H2,1H3,(H,21,23). The Morgan fingerprint density at radius 3 is 2.54 bits per heavy atom.